The second kappa shape index (κ2) is 6.86. The lowest BCUT2D eigenvalue weighted by atomic mass is 9.94. The van der Waals surface area contributed by atoms with Gasteiger partial charge in [0.2, 0.25) is 0 Å². The van der Waals surface area contributed by atoms with Gasteiger partial charge in [-0.05, 0) is 64.2 Å². The van der Waals surface area contributed by atoms with Crippen molar-refractivity contribution in [1.29, 1.82) is 0 Å². The van der Waals surface area contributed by atoms with Crippen LogP contribution in [-0.4, -0.2) is 26.8 Å². The molecule has 2 aromatic heterocycles. The number of pyridine rings is 1. The SMILES string of the molecule is Cc1cc(C)n(C(C)CNC(=O)c2cc3c(n(C)c2=O)CCCC3)n1. The second-order valence-corrected chi connectivity index (χ2v) is 7.03. The Bertz CT molecular complexity index is 863. The van der Waals surface area contributed by atoms with Crippen molar-refractivity contribution in [2.75, 3.05) is 6.54 Å². The third-order valence-electron chi connectivity index (χ3n) is 5.00. The van der Waals surface area contributed by atoms with Crippen molar-refractivity contribution in [2.24, 2.45) is 7.05 Å². The molecular weight excluding hydrogens is 316 g/mol. The Morgan fingerprint density at radius 3 is 2.68 bits per heavy atom. The molecule has 0 saturated carbocycles. The van der Waals surface area contributed by atoms with E-state index >= 15 is 0 Å². The highest BCUT2D eigenvalue weighted by molar-refractivity contribution is 5.94. The first-order chi connectivity index (χ1) is 11.9. The number of carbonyl (C=O) groups excluding carboxylic acids is 1. The monoisotopic (exact) mass is 342 g/mol. The first kappa shape index (κ1) is 17.5. The highest BCUT2D eigenvalue weighted by Crippen LogP contribution is 2.20. The van der Waals surface area contributed by atoms with Gasteiger partial charge < -0.3 is 9.88 Å². The van der Waals surface area contributed by atoms with Gasteiger partial charge in [-0.15, -0.1) is 0 Å². The summed E-state index contributed by atoms with van der Waals surface area (Å²) < 4.78 is 3.55. The highest BCUT2D eigenvalue weighted by Gasteiger charge is 2.20. The Morgan fingerprint density at radius 1 is 1.28 bits per heavy atom. The van der Waals surface area contributed by atoms with Crippen LogP contribution in [0.2, 0.25) is 0 Å². The number of nitrogens with zero attached hydrogens (tertiary/aromatic N) is 3. The summed E-state index contributed by atoms with van der Waals surface area (Å²) >= 11 is 0. The smallest absolute Gasteiger partial charge is 0.263 e. The van der Waals surface area contributed by atoms with E-state index in [1.165, 1.54) is 0 Å². The Balaban J connectivity index is 1.76. The van der Waals surface area contributed by atoms with E-state index in [0.29, 0.717) is 6.54 Å². The first-order valence-corrected chi connectivity index (χ1v) is 8.91. The molecule has 1 aliphatic carbocycles. The number of carbonyl (C=O) groups is 1. The lowest BCUT2D eigenvalue weighted by Gasteiger charge is -2.20. The lowest BCUT2D eigenvalue weighted by molar-refractivity contribution is 0.0945. The number of aromatic nitrogens is 3. The van der Waals surface area contributed by atoms with Crippen LogP contribution in [0.15, 0.2) is 16.9 Å². The van der Waals surface area contributed by atoms with Gasteiger partial charge in [-0.25, -0.2) is 0 Å². The molecule has 0 aromatic carbocycles. The normalized spacial score (nSPS) is 14.9. The number of hydrogen-bond donors (Lipinski definition) is 1. The lowest BCUT2D eigenvalue weighted by Crippen LogP contribution is -2.37. The number of nitrogens with one attached hydrogen (secondary N) is 1. The van der Waals surface area contributed by atoms with Crippen LogP contribution in [0, 0.1) is 13.8 Å². The van der Waals surface area contributed by atoms with Gasteiger partial charge in [0.05, 0.1) is 11.7 Å². The second-order valence-electron chi connectivity index (χ2n) is 7.03. The van der Waals surface area contributed by atoms with E-state index in [9.17, 15) is 9.59 Å². The molecule has 0 radical (unpaired) electrons. The maximum absolute atomic E-state index is 12.6. The third-order valence-corrected chi connectivity index (χ3v) is 5.00. The van der Waals surface area contributed by atoms with E-state index < -0.39 is 0 Å². The van der Waals surface area contributed by atoms with Crippen molar-refractivity contribution >= 4 is 5.91 Å². The van der Waals surface area contributed by atoms with E-state index in [1.54, 1.807) is 17.7 Å². The topological polar surface area (TPSA) is 68.9 Å². The molecule has 1 amide bonds. The molecule has 2 aromatic rings. The van der Waals surface area contributed by atoms with Gasteiger partial charge in [0.1, 0.15) is 5.56 Å². The van der Waals surface area contributed by atoms with Crippen molar-refractivity contribution in [3.8, 4) is 0 Å². The summed E-state index contributed by atoms with van der Waals surface area (Å²) in [4.78, 5) is 25.1. The molecule has 2 heterocycles. The molecule has 1 unspecified atom stereocenters. The minimum Gasteiger partial charge on any atom is -0.350 e. The predicted octanol–water partition coefficient (Wildman–Crippen LogP) is 2.07. The number of hydrogen-bond acceptors (Lipinski definition) is 3. The maximum atomic E-state index is 12.6. The molecule has 3 rings (SSSR count). The summed E-state index contributed by atoms with van der Waals surface area (Å²) in [6.45, 7) is 6.38. The molecule has 0 aliphatic heterocycles. The Morgan fingerprint density at radius 2 is 2.00 bits per heavy atom. The molecule has 1 N–H and O–H groups in total. The summed E-state index contributed by atoms with van der Waals surface area (Å²) in [5, 5.41) is 7.35. The molecule has 25 heavy (non-hydrogen) atoms. The van der Waals surface area contributed by atoms with Crippen LogP contribution in [0.3, 0.4) is 0 Å². The van der Waals surface area contributed by atoms with E-state index in [-0.39, 0.29) is 23.1 Å². The van der Waals surface area contributed by atoms with Gasteiger partial charge in [0.25, 0.3) is 11.5 Å². The van der Waals surface area contributed by atoms with E-state index in [0.717, 1.165) is 48.3 Å². The minimum absolute atomic E-state index is 0.0270. The van der Waals surface area contributed by atoms with Crippen molar-refractivity contribution in [2.45, 2.75) is 52.5 Å². The molecule has 0 saturated heterocycles. The Labute approximate surface area is 147 Å². The Hall–Kier alpha value is -2.37. The standard InChI is InChI=1S/C19H26N4O2/c1-12-9-13(2)23(21-12)14(3)11-20-18(24)16-10-15-7-5-6-8-17(15)22(4)19(16)25/h9-10,14H,5-8,11H2,1-4H3,(H,20,24). The fraction of sp³-hybridized carbons (Fsp3) is 0.526. The van der Waals surface area contributed by atoms with Crippen molar-refractivity contribution < 1.29 is 4.79 Å². The largest absolute Gasteiger partial charge is 0.350 e. The number of fused-ring (bicyclic) bond motifs is 1. The zero-order valence-electron chi connectivity index (χ0n) is 15.4. The van der Waals surface area contributed by atoms with Gasteiger partial charge in [0.15, 0.2) is 0 Å². The van der Waals surface area contributed by atoms with E-state index in [4.69, 9.17) is 0 Å². The summed E-state index contributed by atoms with van der Waals surface area (Å²) in [5.41, 5.74) is 4.25. The van der Waals surface area contributed by atoms with Crippen LogP contribution in [0.4, 0.5) is 0 Å². The first-order valence-electron chi connectivity index (χ1n) is 8.91. The van der Waals surface area contributed by atoms with E-state index in [1.807, 2.05) is 31.5 Å². The number of rotatable bonds is 4. The highest BCUT2D eigenvalue weighted by atomic mass is 16.2. The maximum Gasteiger partial charge on any atom is 0.263 e. The van der Waals surface area contributed by atoms with Gasteiger partial charge in [-0.1, -0.05) is 0 Å². The minimum atomic E-state index is -0.303. The molecular formula is C19H26N4O2. The fourth-order valence-electron chi connectivity index (χ4n) is 3.67. The molecule has 0 fully saturated rings. The molecule has 0 spiro atoms. The van der Waals surface area contributed by atoms with Crippen LogP contribution >= 0.6 is 0 Å². The van der Waals surface area contributed by atoms with Crippen LogP contribution < -0.4 is 10.9 Å². The van der Waals surface area contributed by atoms with Crippen LogP contribution in [-0.2, 0) is 19.9 Å². The summed E-state index contributed by atoms with van der Waals surface area (Å²) in [6.07, 6.45) is 4.07. The molecule has 1 aliphatic rings. The summed E-state index contributed by atoms with van der Waals surface area (Å²) in [5.74, 6) is -0.303. The summed E-state index contributed by atoms with van der Waals surface area (Å²) in [6, 6.07) is 3.83. The van der Waals surface area contributed by atoms with Crippen LogP contribution in [0.5, 0.6) is 0 Å². The molecule has 6 heteroatoms. The molecule has 6 nitrogen and oxygen atoms in total. The van der Waals surface area contributed by atoms with Crippen LogP contribution in [0.1, 0.15) is 58.8 Å². The predicted molar refractivity (Wildman–Crippen MR) is 97.1 cm³/mol. The Kier molecular flexibility index (Phi) is 4.79. The quantitative estimate of drug-likeness (QED) is 0.925. The third kappa shape index (κ3) is 3.38. The van der Waals surface area contributed by atoms with Crippen molar-refractivity contribution in [3.63, 3.8) is 0 Å². The molecule has 134 valence electrons. The number of aryl methyl sites for hydroxylation is 3. The van der Waals surface area contributed by atoms with Gasteiger partial charge in [0, 0.05) is 25.0 Å². The number of amides is 1. The van der Waals surface area contributed by atoms with E-state index in [2.05, 4.69) is 10.4 Å². The average Bonchev–Trinajstić information content (AvgIpc) is 2.94. The zero-order chi connectivity index (χ0) is 18.1. The van der Waals surface area contributed by atoms with Gasteiger partial charge in [-0.3, -0.25) is 14.3 Å². The van der Waals surface area contributed by atoms with Crippen molar-refractivity contribution in [1.82, 2.24) is 19.7 Å². The average molecular weight is 342 g/mol. The van der Waals surface area contributed by atoms with Gasteiger partial charge >= 0.3 is 0 Å². The van der Waals surface area contributed by atoms with Gasteiger partial charge in [-0.2, -0.15) is 5.10 Å². The fourth-order valence-corrected chi connectivity index (χ4v) is 3.67. The van der Waals surface area contributed by atoms with Crippen molar-refractivity contribution in [3.05, 3.63) is 50.7 Å². The molecule has 1 atom stereocenters. The molecule has 0 bridgehead atoms. The zero-order valence-corrected chi connectivity index (χ0v) is 15.4. The summed E-state index contributed by atoms with van der Waals surface area (Å²) in [7, 11) is 1.77. The van der Waals surface area contributed by atoms with Crippen LogP contribution in [0.25, 0.3) is 0 Å².